The van der Waals surface area contributed by atoms with E-state index in [0.717, 1.165) is 17.5 Å². The zero-order chi connectivity index (χ0) is 14.5. The molecule has 0 heterocycles. The summed E-state index contributed by atoms with van der Waals surface area (Å²) >= 11 is 18.2. The topological polar surface area (TPSA) is 20.2 Å². The van der Waals surface area contributed by atoms with Gasteiger partial charge in [0.15, 0.2) is 0 Å². The highest BCUT2D eigenvalue weighted by atomic mass is 35.5. The third kappa shape index (κ3) is 4.13. The van der Waals surface area contributed by atoms with E-state index in [2.05, 4.69) is 0 Å². The molecule has 1 N–H and O–H groups in total. The smallest absolute Gasteiger partial charge is 0.0465 e. The molecule has 0 fully saturated rings. The van der Waals surface area contributed by atoms with Crippen LogP contribution < -0.4 is 0 Å². The summed E-state index contributed by atoms with van der Waals surface area (Å²) in [5.74, 6) is 0.0774. The number of aliphatic hydroxyl groups excluding tert-OH is 1. The third-order valence-electron chi connectivity index (χ3n) is 3.25. The molecule has 0 saturated carbocycles. The van der Waals surface area contributed by atoms with Crippen LogP contribution in [0, 0.1) is 5.92 Å². The van der Waals surface area contributed by atoms with Crippen molar-refractivity contribution in [3.63, 3.8) is 0 Å². The van der Waals surface area contributed by atoms with Crippen LogP contribution in [0.4, 0.5) is 0 Å². The van der Waals surface area contributed by atoms with Gasteiger partial charge >= 0.3 is 0 Å². The van der Waals surface area contributed by atoms with Gasteiger partial charge in [-0.25, -0.2) is 0 Å². The molecule has 0 bridgehead atoms. The largest absolute Gasteiger partial charge is 0.396 e. The molecule has 2 aromatic rings. The Kier molecular flexibility index (Phi) is 5.74. The molecule has 0 aliphatic heterocycles. The Bertz CT molecular complexity index is 546. The SMILES string of the molecule is OCC(Cc1ccc(Cl)cc1)Cc1c(Cl)cccc1Cl. The van der Waals surface area contributed by atoms with Crippen LogP contribution in [-0.4, -0.2) is 11.7 Å². The zero-order valence-corrected chi connectivity index (χ0v) is 13.1. The molecule has 4 heteroatoms. The number of halogens is 3. The summed E-state index contributed by atoms with van der Waals surface area (Å²) in [6, 6.07) is 13.1. The maximum Gasteiger partial charge on any atom is 0.0465 e. The van der Waals surface area contributed by atoms with Crippen molar-refractivity contribution in [2.24, 2.45) is 5.92 Å². The summed E-state index contributed by atoms with van der Waals surface area (Å²) in [7, 11) is 0. The van der Waals surface area contributed by atoms with Gasteiger partial charge in [0.25, 0.3) is 0 Å². The van der Waals surface area contributed by atoms with E-state index >= 15 is 0 Å². The van der Waals surface area contributed by atoms with Crippen molar-refractivity contribution in [3.8, 4) is 0 Å². The van der Waals surface area contributed by atoms with Crippen LogP contribution in [0.1, 0.15) is 11.1 Å². The summed E-state index contributed by atoms with van der Waals surface area (Å²) < 4.78 is 0. The molecule has 0 spiro atoms. The van der Waals surface area contributed by atoms with Gasteiger partial charge in [0.1, 0.15) is 0 Å². The van der Waals surface area contributed by atoms with E-state index in [0.29, 0.717) is 21.5 Å². The number of benzene rings is 2. The maximum atomic E-state index is 9.57. The normalized spacial score (nSPS) is 12.4. The Labute approximate surface area is 134 Å². The lowest BCUT2D eigenvalue weighted by atomic mass is 9.93. The molecule has 1 nitrogen and oxygen atoms in total. The van der Waals surface area contributed by atoms with Crippen LogP contribution in [0.5, 0.6) is 0 Å². The van der Waals surface area contributed by atoms with Crippen LogP contribution in [0.3, 0.4) is 0 Å². The van der Waals surface area contributed by atoms with Crippen LogP contribution in [-0.2, 0) is 12.8 Å². The van der Waals surface area contributed by atoms with Gasteiger partial charge in [-0.15, -0.1) is 0 Å². The Morgan fingerprint density at radius 1 is 0.850 bits per heavy atom. The molecule has 1 unspecified atom stereocenters. The van der Waals surface area contributed by atoms with Crippen molar-refractivity contribution in [2.75, 3.05) is 6.61 Å². The van der Waals surface area contributed by atoms with Gasteiger partial charge in [-0.1, -0.05) is 53.0 Å². The van der Waals surface area contributed by atoms with Crippen molar-refractivity contribution in [2.45, 2.75) is 12.8 Å². The van der Waals surface area contributed by atoms with Crippen LogP contribution in [0.2, 0.25) is 15.1 Å². The van der Waals surface area contributed by atoms with Crippen LogP contribution >= 0.6 is 34.8 Å². The molecule has 0 aliphatic carbocycles. The Morgan fingerprint density at radius 3 is 2.00 bits per heavy atom. The van der Waals surface area contributed by atoms with Crippen molar-refractivity contribution in [1.82, 2.24) is 0 Å². The fraction of sp³-hybridized carbons (Fsp3) is 0.250. The van der Waals surface area contributed by atoms with Gasteiger partial charge in [-0.2, -0.15) is 0 Å². The minimum Gasteiger partial charge on any atom is -0.396 e. The zero-order valence-electron chi connectivity index (χ0n) is 10.8. The Hall–Kier alpha value is -0.730. The molecule has 20 heavy (non-hydrogen) atoms. The van der Waals surface area contributed by atoms with Crippen molar-refractivity contribution >= 4 is 34.8 Å². The van der Waals surface area contributed by atoms with Gasteiger partial charge in [0.05, 0.1) is 0 Å². The Morgan fingerprint density at radius 2 is 1.45 bits per heavy atom. The van der Waals surface area contributed by atoms with Gasteiger partial charge < -0.3 is 5.11 Å². The van der Waals surface area contributed by atoms with E-state index in [1.165, 1.54) is 0 Å². The quantitative estimate of drug-likeness (QED) is 0.814. The summed E-state index contributed by atoms with van der Waals surface area (Å²) in [5.41, 5.74) is 2.03. The summed E-state index contributed by atoms with van der Waals surface area (Å²) in [6.45, 7) is 0.0875. The lowest BCUT2D eigenvalue weighted by Crippen LogP contribution is -2.13. The molecule has 0 amide bonds. The first-order valence-corrected chi connectivity index (χ1v) is 7.51. The highest BCUT2D eigenvalue weighted by molar-refractivity contribution is 6.36. The minimum absolute atomic E-state index is 0.0774. The van der Waals surface area contributed by atoms with Gasteiger partial charge in [-0.3, -0.25) is 0 Å². The van der Waals surface area contributed by atoms with Gasteiger partial charge in [-0.05, 0) is 54.2 Å². The Balaban J connectivity index is 2.11. The van der Waals surface area contributed by atoms with Crippen molar-refractivity contribution in [3.05, 3.63) is 68.7 Å². The number of hydrogen-bond acceptors (Lipinski definition) is 1. The lowest BCUT2D eigenvalue weighted by Gasteiger charge is -2.16. The lowest BCUT2D eigenvalue weighted by molar-refractivity contribution is 0.225. The van der Waals surface area contributed by atoms with E-state index < -0.39 is 0 Å². The predicted octanol–water partition coefficient (Wildman–Crippen LogP) is 5.04. The van der Waals surface area contributed by atoms with E-state index in [4.69, 9.17) is 34.8 Å². The highest BCUT2D eigenvalue weighted by Gasteiger charge is 2.14. The number of hydrogen-bond donors (Lipinski definition) is 1. The van der Waals surface area contributed by atoms with Crippen LogP contribution in [0.15, 0.2) is 42.5 Å². The molecule has 0 aromatic heterocycles. The number of aliphatic hydroxyl groups is 1. The second-order valence-corrected chi connectivity index (χ2v) is 6.03. The molecule has 0 saturated heterocycles. The average molecular weight is 330 g/mol. The van der Waals surface area contributed by atoms with Gasteiger partial charge in [0.2, 0.25) is 0 Å². The van der Waals surface area contributed by atoms with E-state index in [-0.39, 0.29) is 12.5 Å². The number of rotatable bonds is 5. The first-order valence-electron chi connectivity index (χ1n) is 6.38. The predicted molar refractivity (Wildman–Crippen MR) is 85.9 cm³/mol. The fourth-order valence-corrected chi connectivity index (χ4v) is 2.85. The summed E-state index contributed by atoms with van der Waals surface area (Å²) in [4.78, 5) is 0. The molecular formula is C16H15Cl3O. The first kappa shape index (κ1) is 15.7. The standard InChI is InChI=1S/C16H15Cl3O/c17-13-6-4-11(5-7-13)8-12(10-20)9-14-15(18)2-1-3-16(14)19/h1-7,12,20H,8-10H2. The van der Waals surface area contributed by atoms with Crippen molar-refractivity contribution in [1.29, 1.82) is 0 Å². The summed E-state index contributed by atoms with van der Waals surface area (Å²) in [5, 5.41) is 11.6. The second-order valence-electron chi connectivity index (χ2n) is 4.78. The minimum atomic E-state index is 0.0774. The molecule has 1 atom stereocenters. The molecule has 0 aliphatic rings. The molecule has 0 radical (unpaired) electrons. The second kappa shape index (κ2) is 7.33. The van der Waals surface area contributed by atoms with Crippen LogP contribution in [0.25, 0.3) is 0 Å². The van der Waals surface area contributed by atoms with Crippen molar-refractivity contribution < 1.29 is 5.11 Å². The average Bonchev–Trinajstić information content (AvgIpc) is 2.44. The highest BCUT2D eigenvalue weighted by Crippen LogP contribution is 2.28. The molecular weight excluding hydrogens is 315 g/mol. The molecule has 106 valence electrons. The summed E-state index contributed by atoms with van der Waals surface area (Å²) in [6.07, 6.45) is 1.41. The molecule has 2 rings (SSSR count). The van der Waals surface area contributed by atoms with Gasteiger partial charge in [0, 0.05) is 21.7 Å². The van der Waals surface area contributed by atoms with E-state index in [1.54, 1.807) is 0 Å². The van der Waals surface area contributed by atoms with E-state index in [1.807, 2.05) is 42.5 Å². The fourth-order valence-electron chi connectivity index (χ4n) is 2.17. The maximum absolute atomic E-state index is 9.57. The first-order chi connectivity index (χ1) is 9.60. The monoisotopic (exact) mass is 328 g/mol. The van der Waals surface area contributed by atoms with E-state index in [9.17, 15) is 5.11 Å². The third-order valence-corrected chi connectivity index (χ3v) is 4.21. The molecule has 2 aromatic carbocycles.